The van der Waals surface area contributed by atoms with Crippen LogP contribution in [0.15, 0.2) is 147 Å². The highest BCUT2D eigenvalue weighted by Crippen LogP contribution is 2.56. The summed E-state index contributed by atoms with van der Waals surface area (Å²) in [4.78, 5) is 95.2. The lowest BCUT2D eigenvalue weighted by molar-refractivity contribution is -0.0663. The Balaban J connectivity index is 1.07. The van der Waals surface area contributed by atoms with Crippen LogP contribution in [0.25, 0.3) is 22.3 Å². The van der Waals surface area contributed by atoms with Crippen molar-refractivity contribution in [2.24, 2.45) is 0 Å². The molecular weight excluding hydrogens is 1250 g/mol. The number of aliphatic hydroxyl groups is 1. The van der Waals surface area contributed by atoms with Crippen molar-refractivity contribution in [3.05, 3.63) is 169 Å². The van der Waals surface area contributed by atoms with E-state index in [4.69, 9.17) is 41.1 Å². The number of anilines is 2. The fraction of sp³-hybridized carbons (Fsp3) is 0.381. The number of nitrogens with one attached hydrogen (secondary N) is 2. The molecule has 0 bridgehead atoms. The molecule has 27 nitrogen and oxygen atoms in total. The largest absolute Gasteiger partial charge is 0.475 e. The number of esters is 2. The zero-order chi connectivity index (χ0) is 66.2. The van der Waals surface area contributed by atoms with Gasteiger partial charge in [-0.05, 0) is 70.7 Å². The van der Waals surface area contributed by atoms with Gasteiger partial charge < -0.3 is 48.0 Å². The summed E-state index contributed by atoms with van der Waals surface area (Å²) in [6, 6.07) is 34.8. The Kier molecular flexibility index (Phi) is 21.3. The van der Waals surface area contributed by atoms with Gasteiger partial charge in [0.2, 0.25) is 0 Å². The number of hydrogen-bond acceptors (Lipinski definition) is 23. The molecular formula is C63H72N11O16PSi2. The number of hydrogen-bond donors (Lipinski definition) is 4. The first-order valence-corrected chi connectivity index (χ1v) is 35.7. The van der Waals surface area contributed by atoms with E-state index >= 15 is 4.57 Å². The molecule has 10 rings (SSSR count). The first kappa shape index (κ1) is 67.5. The van der Waals surface area contributed by atoms with Crippen molar-refractivity contribution >= 4 is 82.7 Å². The molecule has 0 spiro atoms. The molecule has 30 heteroatoms. The predicted molar refractivity (Wildman–Crippen MR) is 340 cm³/mol. The quantitative estimate of drug-likeness (QED) is 0.0161. The molecule has 2 aliphatic rings. The summed E-state index contributed by atoms with van der Waals surface area (Å²) in [7, 11) is -12.8. The van der Waals surface area contributed by atoms with Crippen molar-refractivity contribution < 1.29 is 74.7 Å². The number of nitrogens with zero attached hydrogens (tertiary/aromatic N) is 9. The molecule has 2 aliphatic heterocycles. The first-order valence-electron chi connectivity index (χ1n) is 30.3. The second-order valence-corrected chi connectivity index (χ2v) is 33.6. The number of ether oxygens (including phenoxy) is 4. The third-order valence-electron chi connectivity index (χ3n) is 16.1. The summed E-state index contributed by atoms with van der Waals surface area (Å²) in [5.41, 5.74) is -0.254. The Labute approximate surface area is 537 Å². The molecule has 1 unspecified atom stereocenters. The summed E-state index contributed by atoms with van der Waals surface area (Å²) in [5.74, 6) is -2.72. The molecule has 0 radical (unpaired) electrons. The highest BCUT2D eigenvalue weighted by molar-refractivity contribution is 7.48. The van der Waals surface area contributed by atoms with E-state index in [1.807, 2.05) is 61.5 Å². The lowest BCUT2D eigenvalue weighted by atomic mass is 10.1. The fourth-order valence-electron chi connectivity index (χ4n) is 11.2. The number of carbonyl (C=O) groups is 4. The molecule has 9 atom stereocenters. The number of benzene rings is 4. The number of rotatable bonds is 27. The number of aromatic nitrogens is 8. The van der Waals surface area contributed by atoms with Crippen LogP contribution in [0.2, 0.25) is 22.2 Å². The molecule has 4 aromatic heterocycles. The molecule has 4 N–H and O–H groups in total. The summed E-state index contributed by atoms with van der Waals surface area (Å²) in [6.07, 6.45) is -7.50. The van der Waals surface area contributed by atoms with E-state index in [0.717, 1.165) is 0 Å². The monoisotopic (exact) mass is 1330 g/mol. The van der Waals surface area contributed by atoms with E-state index in [1.165, 1.54) is 58.7 Å². The molecule has 6 heterocycles. The van der Waals surface area contributed by atoms with Gasteiger partial charge in [-0.15, -0.1) is 0 Å². The van der Waals surface area contributed by atoms with E-state index in [0.29, 0.717) is 11.1 Å². The fourth-order valence-corrected chi connectivity index (χ4v) is 22.5. The number of phosphoric acid groups is 1. The minimum Gasteiger partial charge on any atom is -0.452 e. The molecule has 0 aliphatic carbocycles. The summed E-state index contributed by atoms with van der Waals surface area (Å²) < 4.78 is 78.9. The van der Waals surface area contributed by atoms with Crippen LogP contribution in [0.3, 0.4) is 0 Å². The van der Waals surface area contributed by atoms with Gasteiger partial charge in [0.05, 0.1) is 56.1 Å². The molecule has 8 aromatic rings. The maximum atomic E-state index is 16.2. The van der Waals surface area contributed by atoms with Gasteiger partial charge in [-0.1, -0.05) is 128 Å². The van der Waals surface area contributed by atoms with E-state index in [9.17, 15) is 34.3 Å². The third-order valence-corrected chi connectivity index (χ3v) is 27.3. The van der Waals surface area contributed by atoms with Gasteiger partial charge in [0, 0.05) is 11.1 Å². The zero-order valence-corrected chi connectivity index (χ0v) is 55.1. The van der Waals surface area contributed by atoms with E-state index in [2.05, 4.69) is 40.5 Å². The minimum atomic E-state index is -5.24. The summed E-state index contributed by atoms with van der Waals surface area (Å²) in [5, 5.41) is 26.9. The minimum absolute atomic E-state index is 0.0140. The first-order chi connectivity index (χ1) is 44.7. The van der Waals surface area contributed by atoms with Crippen molar-refractivity contribution in [1.29, 1.82) is 5.26 Å². The average Bonchev–Trinajstić information content (AvgIpc) is 1.59. The summed E-state index contributed by atoms with van der Waals surface area (Å²) in [6.45, 7) is 13.1. The molecule has 4 aromatic carbocycles. The predicted octanol–water partition coefficient (Wildman–Crippen LogP) is 9.77. The highest BCUT2D eigenvalue weighted by Gasteiger charge is 2.61. The highest BCUT2D eigenvalue weighted by atomic mass is 31.2. The molecule has 2 saturated heterocycles. The van der Waals surface area contributed by atoms with Crippen molar-refractivity contribution in [2.75, 3.05) is 30.5 Å². The lowest BCUT2D eigenvalue weighted by Gasteiger charge is -2.47. The van der Waals surface area contributed by atoms with Crippen LogP contribution in [0, 0.1) is 11.3 Å². The zero-order valence-electron chi connectivity index (χ0n) is 52.2. The van der Waals surface area contributed by atoms with Gasteiger partial charge in [-0.3, -0.25) is 32.3 Å². The molecule has 0 saturated carbocycles. The Morgan fingerprint density at radius 2 is 1.03 bits per heavy atom. The SMILES string of the molecule is CC(C)[Si](O)(O[Si](O[C@H]1[C@@H](OP(=O)(OCCC#N)OC[C@H]2O[C@@H](n3cnc4c(NC(=O)c5ccccc5)ncnc43)[C@H](OC(=O)c3ccccc3)[C@@H]2OC(=O)c2ccccc2)[C@H](n2cnc3c(NC(=O)c4ccccc4)ncnc32)O[C@@H]1CO)(C(C)C)C(C)C)C(C)C. The topological polar surface area (TPSA) is 344 Å². The Morgan fingerprint density at radius 3 is 1.47 bits per heavy atom. The average molecular weight is 1330 g/mol. The standard InChI is InChI=1S/C63H72N11O16PSi2/c1-38(2)92(81,39(3)4)90-93(40(5)6,41(7)8)89-51-46(32-75)84-61(74-37-70-49-55(66-35-68-57(49)74)72-59(77)43-24-15-10-16-25-43)53(51)88-91(80,82-31-21-30-64)83-33-47-50(86-62(78)44-26-17-11-18-27-44)52(87-63(79)45-28-19-12-20-29-45)60(85-47)73-36-69-48-54(65-34-67-56(48)73)71-58(76)42-22-13-9-14-23-42/h9-20,22-29,34-41,46-47,50-53,60-61,75,81H,21,31-33H2,1-8H3,(H,65,67,71,76)(H,66,68,72,77)/t46-,47-,50-,51-,52-,53-,60-,61-,91?/m1/s1. The number of aliphatic hydroxyl groups excluding tert-OH is 1. The normalized spacial score (nSPS) is 20.7. The van der Waals surface area contributed by atoms with Gasteiger partial charge in [-0.25, -0.2) is 44.1 Å². The van der Waals surface area contributed by atoms with Gasteiger partial charge in [-0.2, -0.15) is 5.26 Å². The van der Waals surface area contributed by atoms with Crippen LogP contribution in [0.5, 0.6) is 0 Å². The van der Waals surface area contributed by atoms with Gasteiger partial charge >= 0.3 is 36.9 Å². The smallest absolute Gasteiger partial charge is 0.452 e. The van der Waals surface area contributed by atoms with E-state index in [-0.39, 0.29) is 62.6 Å². The van der Waals surface area contributed by atoms with Crippen LogP contribution < -0.4 is 10.6 Å². The number of nitriles is 1. The van der Waals surface area contributed by atoms with Gasteiger partial charge in [0.25, 0.3) is 11.8 Å². The van der Waals surface area contributed by atoms with Crippen LogP contribution in [-0.4, -0.2) is 146 Å². The van der Waals surface area contributed by atoms with Crippen LogP contribution >= 0.6 is 7.82 Å². The maximum absolute atomic E-state index is 16.2. The Bertz CT molecular complexity index is 3980. The number of amides is 2. The van der Waals surface area contributed by atoms with Crippen molar-refractivity contribution in [3.63, 3.8) is 0 Å². The van der Waals surface area contributed by atoms with E-state index in [1.54, 1.807) is 97.1 Å². The van der Waals surface area contributed by atoms with Gasteiger partial charge in [0.15, 0.2) is 58.6 Å². The van der Waals surface area contributed by atoms with Crippen LogP contribution in [0.4, 0.5) is 11.6 Å². The summed E-state index contributed by atoms with van der Waals surface area (Å²) >= 11 is 0. The third kappa shape index (κ3) is 14.6. The van der Waals surface area contributed by atoms with Crippen molar-refractivity contribution in [1.82, 2.24) is 39.0 Å². The van der Waals surface area contributed by atoms with E-state index < -0.39 is 129 Å². The molecule has 2 fully saturated rings. The Hall–Kier alpha value is -8.35. The maximum Gasteiger partial charge on any atom is 0.475 e. The van der Waals surface area contributed by atoms with Crippen LogP contribution in [-0.2, 0) is 45.6 Å². The number of carbonyl (C=O) groups excluding carboxylic acids is 4. The van der Waals surface area contributed by atoms with Crippen molar-refractivity contribution in [2.45, 2.75) is 133 Å². The van der Waals surface area contributed by atoms with Gasteiger partial charge in [0.1, 0.15) is 37.1 Å². The number of fused-ring (bicyclic) bond motifs is 2. The second-order valence-electron chi connectivity index (χ2n) is 23.3. The molecule has 93 heavy (non-hydrogen) atoms. The Morgan fingerprint density at radius 1 is 0.591 bits per heavy atom. The number of phosphoric ester groups is 1. The van der Waals surface area contributed by atoms with Crippen LogP contribution in [0.1, 0.15) is 116 Å². The molecule has 2 amide bonds. The second kappa shape index (κ2) is 29.3. The molecule has 488 valence electrons. The lowest BCUT2D eigenvalue weighted by Crippen LogP contribution is -2.62. The number of imidazole rings is 2. The van der Waals surface area contributed by atoms with Crippen molar-refractivity contribution in [3.8, 4) is 6.07 Å².